The number of fused-ring (bicyclic) bond motifs is 1. The number of benzene rings is 2. The lowest BCUT2D eigenvalue weighted by molar-refractivity contribution is 0.0945. The summed E-state index contributed by atoms with van der Waals surface area (Å²) in [6.07, 6.45) is -0.178. The molecule has 21 heavy (non-hydrogen) atoms. The summed E-state index contributed by atoms with van der Waals surface area (Å²) in [5, 5.41) is 13.1. The van der Waals surface area contributed by atoms with Crippen LogP contribution in [0.25, 0.3) is 0 Å². The van der Waals surface area contributed by atoms with E-state index in [2.05, 4.69) is 5.32 Å². The summed E-state index contributed by atoms with van der Waals surface area (Å²) < 4.78 is 13.2. The molecule has 1 heterocycles. The number of halogens is 2. The number of hydrogen-bond donors (Lipinski definition) is 2. The lowest BCUT2D eigenvalue weighted by Crippen LogP contribution is -2.31. The second-order valence-electron chi connectivity index (χ2n) is 5.00. The first kappa shape index (κ1) is 14.0. The topological polar surface area (TPSA) is 49.3 Å². The van der Waals surface area contributed by atoms with Crippen LogP contribution in [0.1, 0.15) is 33.2 Å². The van der Waals surface area contributed by atoms with Crippen LogP contribution in [0.2, 0.25) is 5.02 Å². The molecule has 1 atom stereocenters. The predicted molar refractivity (Wildman–Crippen MR) is 78.0 cm³/mol. The van der Waals surface area contributed by atoms with E-state index >= 15 is 0 Å². The SMILES string of the molecule is O=C1NCCc2ccc(C(O)c3ccc(F)c(Cl)c3)cc21. The van der Waals surface area contributed by atoms with Crippen molar-refractivity contribution in [2.75, 3.05) is 6.54 Å². The maximum absolute atomic E-state index is 13.2. The van der Waals surface area contributed by atoms with Crippen molar-refractivity contribution >= 4 is 17.5 Å². The molecule has 0 saturated heterocycles. The summed E-state index contributed by atoms with van der Waals surface area (Å²) >= 11 is 5.73. The molecule has 108 valence electrons. The largest absolute Gasteiger partial charge is 0.384 e. The standard InChI is InChI=1S/C16H13ClFNO2/c17-13-8-11(3-4-14(13)18)15(20)10-2-1-9-5-6-19-16(21)12(9)7-10/h1-4,7-8,15,20H,5-6H2,(H,19,21). The van der Waals surface area contributed by atoms with Crippen LogP contribution < -0.4 is 5.32 Å². The van der Waals surface area contributed by atoms with Crippen molar-refractivity contribution < 1.29 is 14.3 Å². The Kier molecular flexibility index (Phi) is 3.66. The molecule has 1 aliphatic rings. The summed E-state index contributed by atoms with van der Waals surface area (Å²) in [6, 6.07) is 9.38. The van der Waals surface area contributed by atoms with Gasteiger partial charge in [0.1, 0.15) is 11.9 Å². The van der Waals surface area contributed by atoms with Crippen molar-refractivity contribution in [2.24, 2.45) is 0 Å². The Morgan fingerprint density at radius 2 is 1.90 bits per heavy atom. The molecule has 0 bridgehead atoms. The van der Waals surface area contributed by atoms with E-state index in [0.717, 1.165) is 12.0 Å². The van der Waals surface area contributed by atoms with Gasteiger partial charge in [0.2, 0.25) is 0 Å². The van der Waals surface area contributed by atoms with Gasteiger partial charge in [0.15, 0.2) is 0 Å². The van der Waals surface area contributed by atoms with E-state index in [9.17, 15) is 14.3 Å². The van der Waals surface area contributed by atoms with Crippen LogP contribution in [0.3, 0.4) is 0 Å². The molecule has 1 amide bonds. The quantitative estimate of drug-likeness (QED) is 0.896. The van der Waals surface area contributed by atoms with Crippen LogP contribution in [-0.2, 0) is 6.42 Å². The second kappa shape index (κ2) is 5.47. The van der Waals surface area contributed by atoms with Crippen molar-refractivity contribution in [1.82, 2.24) is 5.32 Å². The van der Waals surface area contributed by atoms with E-state index in [1.165, 1.54) is 18.2 Å². The lowest BCUT2D eigenvalue weighted by Gasteiger charge is -2.19. The summed E-state index contributed by atoms with van der Waals surface area (Å²) in [7, 11) is 0. The van der Waals surface area contributed by atoms with Crippen molar-refractivity contribution in [3.05, 3.63) is 69.5 Å². The van der Waals surface area contributed by atoms with E-state index < -0.39 is 11.9 Å². The van der Waals surface area contributed by atoms with Crippen LogP contribution in [-0.4, -0.2) is 17.6 Å². The van der Waals surface area contributed by atoms with Gasteiger partial charge in [-0.05, 0) is 41.3 Å². The van der Waals surface area contributed by atoms with Crippen molar-refractivity contribution in [1.29, 1.82) is 0 Å². The Balaban J connectivity index is 1.98. The Morgan fingerprint density at radius 3 is 2.67 bits per heavy atom. The summed E-state index contributed by atoms with van der Waals surface area (Å²) in [5.41, 5.74) is 2.60. The summed E-state index contributed by atoms with van der Waals surface area (Å²) in [6.45, 7) is 0.626. The fourth-order valence-electron chi connectivity index (χ4n) is 2.47. The third kappa shape index (κ3) is 2.64. The highest BCUT2D eigenvalue weighted by Gasteiger charge is 2.19. The number of rotatable bonds is 2. The average Bonchev–Trinajstić information content (AvgIpc) is 2.49. The van der Waals surface area contributed by atoms with Crippen LogP contribution in [0.5, 0.6) is 0 Å². The number of amides is 1. The molecule has 0 fully saturated rings. The van der Waals surface area contributed by atoms with Crippen LogP contribution >= 0.6 is 11.6 Å². The van der Waals surface area contributed by atoms with Gasteiger partial charge in [0.05, 0.1) is 5.02 Å². The molecule has 3 nitrogen and oxygen atoms in total. The minimum atomic E-state index is -0.955. The molecule has 1 aliphatic heterocycles. The number of nitrogens with one attached hydrogen (secondary N) is 1. The first-order valence-corrected chi connectivity index (χ1v) is 6.98. The van der Waals surface area contributed by atoms with Gasteiger partial charge in [-0.3, -0.25) is 4.79 Å². The molecule has 0 aliphatic carbocycles. The first-order valence-electron chi connectivity index (χ1n) is 6.60. The lowest BCUT2D eigenvalue weighted by atomic mass is 9.94. The van der Waals surface area contributed by atoms with E-state index in [0.29, 0.717) is 23.2 Å². The fraction of sp³-hybridized carbons (Fsp3) is 0.188. The number of aliphatic hydroxyl groups is 1. The molecule has 2 aromatic rings. The van der Waals surface area contributed by atoms with Gasteiger partial charge in [0, 0.05) is 12.1 Å². The maximum Gasteiger partial charge on any atom is 0.251 e. The molecule has 1 unspecified atom stereocenters. The molecule has 0 spiro atoms. The Bertz CT molecular complexity index is 717. The maximum atomic E-state index is 13.2. The zero-order valence-electron chi connectivity index (χ0n) is 11.1. The summed E-state index contributed by atoms with van der Waals surface area (Å²) in [4.78, 5) is 11.8. The molecular weight excluding hydrogens is 293 g/mol. The highest BCUT2D eigenvalue weighted by atomic mass is 35.5. The van der Waals surface area contributed by atoms with Gasteiger partial charge >= 0.3 is 0 Å². The Morgan fingerprint density at radius 1 is 1.19 bits per heavy atom. The average molecular weight is 306 g/mol. The molecule has 0 radical (unpaired) electrons. The van der Waals surface area contributed by atoms with Crippen LogP contribution in [0.15, 0.2) is 36.4 Å². The minimum absolute atomic E-state index is 0.0396. The third-order valence-electron chi connectivity index (χ3n) is 3.63. The van der Waals surface area contributed by atoms with Gasteiger partial charge < -0.3 is 10.4 Å². The number of carbonyl (C=O) groups is 1. The monoisotopic (exact) mass is 305 g/mol. The molecular formula is C16H13ClFNO2. The zero-order valence-corrected chi connectivity index (χ0v) is 11.8. The van der Waals surface area contributed by atoms with E-state index in [4.69, 9.17) is 11.6 Å². The highest BCUT2D eigenvalue weighted by molar-refractivity contribution is 6.30. The Labute approximate surface area is 126 Å². The normalized spacial score (nSPS) is 15.3. The molecule has 2 aromatic carbocycles. The number of aliphatic hydroxyl groups excluding tert-OH is 1. The molecule has 0 saturated carbocycles. The minimum Gasteiger partial charge on any atom is -0.384 e. The molecule has 2 N–H and O–H groups in total. The number of hydrogen-bond acceptors (Lipinski definition) is 2. The highest BCUT2D eigenvalue weighted by Crippen LogP contribution is 2.28. The van der Waals surface area contributed by atoms with Crippen LogP contribution in [0.4, 0.5) is 4.39 Å². The smallest absolute Gasteiger partial charge is 0.251 e. The van der Waals surface area contributed by atoms with Crippen LogP contribution in [0, 0.1) is 5.82 Å². The van der Waals surface area contributed by atoms with E-state index in [-0.39, 0.29) is 10.9 Å². The predicted octanol–water partition coefficient (Wildman–Crippen LogP) is 2.85. The van der Waals surface area contributed by atoms with Crippen molar-refractivity contribution in [3.63, 3.8) is 0 Å². The van der Waals surface area contributed by atoms with Gasteiger partial charge in [0.25, 0.3) is 5.91 Å². The van der Waals surface area contributed by atoms with Gasteiger partial charge in [-0.1, -0.05) is 29.8 Å². The van der Waals surface area contributed by atoms with E-state index in [1.54, 1.807) is 12.1 Å². The Hall–Kier alpha value is -1.91. The van der Waals surface area contributed by atoms with Gasteiger partial charge in [-0.25, -0.2) is 4.39 Å². The van der Waals surface area contributed by atoms with E-state index in [1.807, 2.05) is 6.07 Å². The van der Waals surface area contributed by atoms with Gasteiger partial charge in [-0.2, -0.15) is 0 Å². The van der Waals surface area contributed by atoms with Gasteiger partial charge in [-0.15, -0.1) is 0 Å². The molecule has 5 heteroatoms. The third-order valence-corrected chi connectivity index (χ3v) is 3.92. The first-order chi connectivity index (χ1) is 10.1. The number of carbonyl (C=O) groups excluding carboxylic acids is 1. The fourth-order valence-corrected chi connectivity index (χ4v) is 2.66. The zero-order chi connectivity index (χ0) is 15.0. The van der Waals surface area contributed by atoms with Crippen molar-refractivity contribution in [2.45, 2.75) is 12.5 Å². The molecule has 0 aromatic heterocycles. The van der Waals surface area contributed by atoms with Crippen molar-refractivity contribution in [3.8, 4) is 0 Å². The second-order valence-corrected chi connectivity index (χ2v) is 5.41. The summed E-state index contributed by atoms with van der Waals surface area (Å²) in [5.74, 6) is -0.667. The molecule has 3 rings (SSSR count).